The third-order valence-corrected chi connectivity index (χ3v) is 3.31. The van der Waals surface area contributed by atoms with Gasteiger partial charge in [0.05, 0.1) is 7.11 Å². The Balaban J connectivity index is 2.93. The van der Waals surface area contributed by atoms with Crippen molar-refractivity contribution in [1.29, 1.82) is 0 Å². The van der Waals surface area contributed by atoms with Gasteiger partial charge >= 0.3 is 5.97 Å². The largest absolute Gasteiger partial charge is 0.468 e. The van der Waals surface area contributed by atoms with Gasteiger partial charge in [-0.05, 0) is 49.9 Å². The van der Waals surface area contributed by atoms with Crippen LogP contribution in [0.4, 0.5) is 5.69 Å². The first kappa shape index (κ1) is 15.2. The van der Waals surface area contributed by atoms with Crippen molar-refractivity contribution in [2.45, 2.75) is 34.1 Å². The Labute approximate surface area is 114 Å². The van der Waals surface area contributed by atoms with Crippen molar-refractivity contribution >= 4 is 17.6 Å². The zero-order chi connectivity index (χ0) is 14.6. The lowest BCUT2D eigenvalue weighted by Crippen LogP contribution is -2.30. The van der Waals surface area contributed by atoms with Gasteiger partial charge in [-0.3, -0.25) is 9.59 Å². The molecule has 1 N–H and O–H groups in total. The predicted octanol–water partition coefficient (Wildman–Crippen LogP) is 2.75. The van der Waals surface area contributed by atoms with Crippen molar-refractivity contribution in [3.05, 3.63) is 28.8 Å². The van der Waals surface area contributed by atoms with Crippen LogP contribution in [0.3, 0.4) is 0 Å². The number of aryl methyl sites for hydroxylation is 3. The van der Waals surface area contributed by atoms with Crippen LogP contribution in [0, 0.1) is 26.7 Å². The minimum Gasteiger partial charge on any atom is -0.468 e. The summed E-state index contributed by atoms with van der Waals surface area (Å²) in [5, 5.41) is 2.80. The molecule has 1 aromatic carbocycles. The summed E-state index contributed by atoms with van der Waals surface area (Å²) in [6.45, 7) is 7.73. The van der Waals surface area contributed by atoms with Gasteiger partial charge < -0.3 is 10.1 Å². The molecule has 1 amide bonds. The highest BCUT2D eigenvalue weighted by Crippen LogP contribution is 2.21. The first-order valence-electron chi connectivity index (χ1n) is 6.37. The Hall–Kier alpha value is -1.84. The van der Waals surface area contributed by atoms with E-state index in [0.29, 0.717) is 6.42 Å². The van der Waals surface area contributed by atoms with Crippen molar-refractivity contribution in [2.24, 2.45) is 5.92 Å². The summed E-state index contributed by atoms with van der Waals surface area (Å²) in [6.07, 6.45) is 0.419. The van der Waals surface area contributed by atoms with E-state index in [0.717, 1.165) is 16.8 Å². The number of esters is 1. The van der Waals surface area contributed by atoms with Crippen LogP contribution < -0.4 is 5.32 Å². The summed E-state index contributed by atoms with van der Waals surface area (Å²) in [4.78, 5) is 23.6. The van der Waals surface area contributed by atoms with Crippen LogP contribution in [-0.4, -0.2) is 19.0 Å². The third-order valence-electron chi connectivity index (χ3n) is 3.31. The lowest BCUT2D eigenvalue weighted by molar-refractivity contribution is -0.148. The fourth-order valence-electron chi connectivity index (χ4n) is 1.92. The molecule has 1 atom stereocenters. The van der Waals surface area contributed by atoms with E-state index < -0.39 is 11.9 Å². The molecule has 0 aliphatic rings. The van der Waals surface area contributed by atoms with Crippen molar-refractivity contribution < 1.29 is 14.3 Å². The molecule has 104 valence electrons. The zero-order valence-corrected chi connectivity index (χ0v) is 12.2. The average Bonchev–Trinajstić information content (AvgIpc) is 2.36. The van der Waals surface area contributed by atoms with Crippen LogP contribution in [0.15, 0.2) is 12.1 Å². The monoisotopic (exact) mass is 263 g/mol. The molecule has 1 rings (SSSR count). The molecule has 1 unspecified atom stereocenters. The van der Waals surface area contributed by atoms with Gasteiger partial charge in [0.2, 0.25) is 5.91 Å². The molecular formula is C15H21NO3. The zero-order valence-electron chi connectivity index (χ0n) is 12.2. The molecule has 19 heavy (non-hydrogen) atoms. The number of rotatable bonds is 4. The van der Waals surface area contributed by atoms with Gasteiger partial charge in [0.25, 0.3) is 0 Å². The fraction of sp³-hybridized carbons (Fsp3) is 0.467. The molecule has 0 bridgehead atoms. The molecule has 0 saturated carbocycles. The highest BCUT2D eigenvalue weighted by Gasteiger charge is 2.25. The highest BCUT2D eigenvalue weighted by molar-refractivity contribution is 6.05. The summed E-state index contributed by atoms with van der Waals surface area (Å²) in [6, 6.07) is 3.94. The van der Waals surface area contributed by atoms with Crippen LogP contribution in [0.1, 0.15) is 30.0 Å². The highest BCUT2D eigenvalue weighted by atomic mass is 16.5. The number of benzene rings is 1. The van der Waals surface area contributed by atoms with Crippen LogP contribution in [0.2, 0.25) is 0 Å². The average molecular weight is 263 g/mol. The van der Waals surface area contributed by atoms with Crippen molar-refractivity contribution in [3.8, 4) is 0 Å². The van der Waals surface area contributed by atoms with Crippen molar-refractivity contribution in [1.82, 2.24) is 0 Å². The number of carbonyl (C=O) groups excluding carboxylic acids is 2. The first-order valence-corrected chi connectivity index (χ1v) is 6.37. The summed E-state index contributed by atoms with van der Waals surface area (Å²) in [5.74, 6) is -1.58. The second-order valence-corrected chi connectivity index (χ2v) is 4.72. The Morgan fingerprint density at radius 2 is 1.74 bits per heavy atom. The molecule has 0 aliphatic carbocycles. The number of ether oxygens (including phenoxy) is 1. The normalized spacial score (nSPS) is 11.8. The Bertz CT molecular complexity index is 494. The van der Waals surface area contributed by atoms with E-state index in [-0.39, 0.29) is 5.91 Å². The molecule has 1 aromatic rings. The van der Waals surface area contributed by atoms with Crippen molar-refractivity contribution in [3.63, 3.8) is 0 Å². The molecule has 0 heterocycles. The number of carbonyl (C=O) groups is 2. The summed E-state index contributed by atoms with van der Waals surface area (Å²) >= 11 is 0. The first-order chi connectivity index (χ1) is 8.90. The summed E-state index contributed by atoms with van der Waals surface area (Å²) in [5.41, 5.74) is 4.01. The van der Waals surface area contributed by atoms with E-state index >= 15 is 0 Å². The molecule has 0 fully saturated rings. The molecule has 0 aromatic heterocycles. The van der Waals surface area contributed by atoms with Gasteiger partial charge in [-0.15, -0.1) is 0 Å². The Morgan fingerprint density at radius 3 is 2.26 bits per heavy atom. The molecule has 0 radical (unpaired) electrons. The maximum atomic E-state index is 12.1. The number of hydrogen-bond acceptors (Lipinski definition) is 3. The van der Waals surface area contributed by atoms with E-state index in [1.807, 2.05) is 32.9 Å². The summed E-state index contributed by atoms with van der Waals surface area (Å²) in [7, 11) is 1.29. The second-order valence-electron chi connectivity index (χ2n) is 4.72. The minimum atomic E-state index is -0.758. The predicted molar refractivity (Wildman–Crippen MR) is 75.1 cm³/mol. The van der Waals surface area contributed by atoms with Crippen LogP contribution >= 0.6 is 0 Å². The second kappa shape index (κ2) is 6.36. The Morgan fingerprint density at radius 1 is 1.16 bits per heavy atom. The van der Waals surface area contributed by atoms with Gasteiger partial charge in [0, 0.05) is 5.69 Å². The van der Waals surface area contributed by atoms with Gasteiger partial charge in [0.1, 0.15) is 5.92 Å². The van der Waals surface area contributed by atoms with Gasteiger partial charge in [-0.2, -0.15) is 0 Å². The standard InChI is InChI=1S/C15H21NO3/c1-6-12(15(18)19-5)14(17)16-13-8-10(3)9(2)7-11(13)4/h7-8,12H,6H2,1-5H3,(H,16,17). The maximum Gasteiger partial charge on any atom is 0.318 e. The van der Waals surface area contributed by atoms with Crippen LogP contribution in [0.5, 0.6) is 0 Å². The van der Waals surface area contributed by atoms with E-state index in [4.69, 9.17) is 0 Å². The van der Waals surface area contributed by atoms with Crippen molar-refractivity contribution in [2.75, 3.05) is 12.4 Å². The van der Waals surface area contributed by atoms with E-state index in [1.54, 1.807) is 6.92 Å². The SMILES string of the molecule is CCC(C(=O)Nc1cc(C)c(C)cc1C)C(=O)OC. The molecule has 0 saturated heterocycles. The molecule has 0 aliphatic heterocycles. The number of amides is 1. The lowest BCUT2D eigenvalue weighted by Gasteiger charge is -2.15. The fourth-order valence-corrected chi connectivity index (χ4v) is 1.92. The van der Waals surface area contributed by atoms with Crippen LogP contribution in [0.25, 0.3) is 0 Å². The lowest BCUT2D eigenvalue weighted by atomic mass is 10.0. The molecule has 4 nitrogen and oxygen atoms in total. The number of anilines is 1. The maximum absolute atomic E-state index is 12.1. The molecule has 4 heteroatoms. The number of hydrogen-bond donors (Lipinski definition) is 1. The summed E-state index contributed by atoms with van der Waals surface area (Å²) < 4.78 is 4.64. The molecular weight excluding hydrogens is 242 g/mol. The van der Waals surface area contributed by atoms with E-state index in [2.05, 4.69) is 10.1 Å². The van der Waals surface area contributed by atoms with E-state index in [1.165, 1.54) is 12.7 Å². The van der Waals surface area contributed by atoms with Gasteiger partial charge in [0.15, 0.2) is 0 Å². The topological polar surface area (TPSA) is 55.4 Å². The Kier molecular flexibility index (Phi) is 5.10. The van der Waals surface area contributed by atoms with Gasteiger partial charge in [-0.25, -0.2) is 0 Å². The number of nitrogens with one attached hydrogen (secondary N) is 1. The quantitative estimate of drug-likeness (QED) is 0.671. The number of methoxy groups -OCH3 is 1. The third kappa shape index (κ3) is 3.56. The van der Waals surface area contributed by atoms with Crippen LogP contribution in [-0.2, 0) is 14.3 Å². The smallest absolute Gasteiger partial charge is 0.318 e. The van der Waals surface area contributed by atoms with E-state index in [9.17, 15) is 9.59 Å². The minimum absolute atomic E-state index is 0.319. The molecule has 0 spiro atoms. The van der Waals surface area contributed by atoms with Gasteiger partial charge in [-0.1, -0.05) is 13.0 Å².